The number of nitrogens with two attached hydrogens (primary N) is 1. The van der Waals surface area contributed by atoms with Crippen LogP contribution in [0.25, 0.3) is 0 Å². The molecule has 0 aliphatic rings. The van der Waals surface area contributed by atoms with E-state index in [0.717, 1.165) is 30.8 Å². The first-order valence-corrected chi connectivity index (χ1v) is 6.84. The van der Waals surface area contributed by atoms with Crippen molar-refractivity contribution in [1.82, 2.24) is 9.55 Å². The van der Waals surface area contributed by atoms with Gasteiger partial charge in [-0.25, -0.2) is 4.98 Å². The van der Waals surface area contributed by atoms with Crippen molar-refractivity contribution in [2.45, 2.75) is 38.5 Å². The predicted molar refractivity (Wildman–Crippen MR) is 74.6 cm³/mol. The highest BCUT2D eigenvalue weighted by Crippen LogP contribution is 2.29. The zero-order chi connectivity index (χ0) is 15.5. The van der Waals surface area contributed by atoms with Crippen molar-refractivity contribution in [3.8, 4) is 0 Å². The van der Waals surface area contributed by atoms with Crippen LogP contribution in [0, 0.1) is 0 Å². The van der Waals surface area contributed by atoms with E-state index in [1.807, 2.05) is 10.8 Å². The minimum atomic E-state index is -4.32. The third-order valence-electron chi connectivity index (χ3n) is 3.33. The number of rotatable bonds is 5. The predicted octanol–water partition coefficient (Wildman–Crippen LogP) is 3.55. The number of hydrogen-bond acceptors (Lipinski definition) is 2. The van der Waals surface area contributed by atoms with Crippen LogP contribution < -0.4 is 5.73 Å². The number of aromatic nitrogens is 2. The molecule has 1 unspecified atom stereocenters. The lowest BCUT2D eigenvalue weighted by molar-refractivity contribution is -0.137. The van der Waals surface area contributed by atoms with E-state index in [1.54, 1.807) is 6.20 Å². The lowest BCUT2D eigenvalue weighted by Gasteiger charge is -2.16. The Morgan fingerprint density at radius 3 is 2.48 bits per heavy atom. The molecule has 0 spiro atoms. The molecule has 1 atom stereocenters. The van der Waals surface area contributed by atoms with E-state index in [9.17, 15) is 13.2 Å². The second-order valence-corrected chi connectivity index (χ2v) is 4.97. The Morgan fingerprint density at radius 1 is 1.24 bits per heavy atom. The van der Waals surface area contributed by atoms with Gasteiger partial charge in [0.2, 0.25) is 0 Å². The highest BCUT2D eigenvalue weighted by molar-refractivity contribution is 5.26. The molecule has 0 fully saturated rings. The summed E-state index contributed by atoms with van der Waals surface area (Å²) in [6.07, 6.45) is 1.07. The van der Waals surface area contributed by atoms with Crippen LogP contribution in [0.5, 0.6) is 0 Å². The number of halogens is 3. The van der Waals surface area contributed by atoms with Crippen molar-refractivity contribution in [2.75, 3.05) is 0 Å². The molecule has 1 heterocycles. The maximum absolute atomic E-state index is 12.5. The normalized spacial score (nSPS) is 13.4. The third-order valence-corrected chi connectivity index (χ3v) is 3.33. The second kappa shape index (κ2) is 6.30. The van der Waals surface area contributed by atoms with Crippen LogP contribution in [0.15, 0.2) is 36.7 Å². The number of benzene rings is 1. The summed E-state index contributed by atoms with van der Waals surface area (Å²) in [4.78, 5) is 4.26. The minimum absolute atomic E-state index is 0.364. The van der Waals surface area contributed by atoms with Crippen LogP contribution in [-0.4, -0.2) is 9.55 Å². The maximum Gasteiger partial charge on any atom is 0.416 e. The molecule has 2 aromatic rings. The molecule has 0 aliphatic heterocycles. The molecule has 0 bridgehead atoms. The van der Waals surface area contributed by atoms with E-state index >= 15 is 0 Å². The van der Waals surface area contributed by atoms with Gasteiger partial charge in [0.25, 0.3) is 0 Å². The maximum atomic E-state index is 12.5. The van der Waals surface area contributed by atoms with Gasteiger partial charge in [-0.1, -0.05) is 19.1 Å². The van der Waals surface area contributed by atoms with Gasteiger partial charge in [0.05, 0.1) is 5.56 Å². The van der Waals surface area contributed by atoms with E-state index in [1.165, 1.54) is 12.1 Å². The van der Waals surface area contributed by atoms with Crippen LogP contribution in [0.4, 0.5) is 13.2 Å². The molecule has 1 aromatic carbocycles. The van der Waals surface area contributed by atoms with Crippen LogP contribution >= 0.6 is 0 Å². The Labute approximate surface area is 121 Å². The molecule has 2 rings (SSSR count). The number of imidazole rings is 1. The van der Waals surface area contributed by atoms with Gasteiger partial charge in [0.1, 0.15) is 5.82 Å². The SMILES string of the molecule is CCCc1nccn1CC(N)c1ccc(C(F)(F)F)cc1. The number of nitrogens with zero attached hydrogens (tertiary/aromatic N) is 2. The Balaban J connectivity index is 2.09. The molecular formula is C15H18F3N3. The van der Waals surface area contributed by atoms with E-state index in [2.05, 4.69) is 11.9 Å². The molecule has 6 heteroatoms. The summed E-state index contributed by atoms with van der Waals surface area (Å²) in [6.45, 7) is 2.56. The van der Waals surface area contributed by atoms with Crippen molar-refractivity contribution in [3.63, 3.8) is 0 Å². The molecule has 0 saturated heterocycles. The first-order valence-electron chi connectivity index (χ1n) is 6.84. The molecular weight excluding hydrogens is 279 g/mol. The van der Waals surface area contributed by atoms with Crippen LogP contribution in [0.3, 0.4) is 0 Å². The number of alkyl halides is 3. The summed E-state index contributed by atoms with van der Waals surface area (Å²) in [6, 6.07) is 4.64. The third kappa shape index (κ3) is 3.85. The first kappa shape index (κ1) is 15.6. The van der Waals surface area contributed by atoms with Crippen molar-refractivity contribution >= 4 is 0 Å². The van der Waals surface area contributed by atoms with Gasteiger partial charge in [-0.3, -0.25) is 0 Å². The Bertz CT molecular complexity index is 573. The van der Waals surface area contributed by atoms with E-state index in [4.69, 9.17) is 5.73 Å². The summed E-state index contributed by atoms with van der Waals surface area (Å²) in [7, 11) is 0. The molecule has 1 aromatic heterocycles. The largest absolute Gasteiger partial charge is 0.416 e. The summed E-state index contributed by atoms with van der Waals surface area (Å²) in [5, 5.41) is 0. The molecule has 0 aliphatic carbocycles. The molecule has 0 radical (unpaired) electrons. The van der Waals surface area contributed by atoms with Gasteiger partial charge in [-0.05, 0) is 24.1 Å². The fourth-order valence-corrected chi connectivity index (χ4v) is 2.19. The van der Waals surface area contributed by atoms with Gasteiger partial charge in [-0.15, -0.1) is 0 Å². The van der Waals surface area contributed by atoms with E-state index in [-0.39, 0.29) is 6.04 Å². The lowest BCUT2D eigenvalue weighted by Crippen LogP contribution is -2.19. The van der Waals surface area contributed by atoms with Crippen molar-refractivity contribution in [3.05, 3.63) is 53.6 Å². The molecule has 3 nitrogen and oxygen atoms in total. The van der Waals surface area contributed by atoms with E-state index < -0.39 is 11.7 Å². The minimum Gasteiger partial charge on any atom is -0.333 e. The zero-order valence-corrected chi connectivity index (χ0v) is 11.8. The van der Waals surface area contributed by atoms with E-state index in [0.29, 0.717) is 12.1 Å². The molecule has 2 N–H and O–H groups in total. The Kier molecular flexibility index (Phi) is 4.67. The summed E-state index contributed by atoms with van der Waals surface area (Å²) in [5.74, 6) is 0.944. The average Bonchev–Trinajstić information content (AvgIpc) is 2.86. The van der Waals surface area contributed by atoms with Gasteiger partial charge >= 0.3 is 6.18 Å². The topological polar surface area (TPSA) is 43.8 Å². The average molecular weight is 297 g/mol. The van der Waals surface area contributed by atoms with Crippen molar-refractivity contribution in [2.24, 2.45) is 5.73 Å². The van der Waals surface area contributed by atoms with Crippen LogP contribution in [-0.2, 0) is 19.1 Å². The lowest BCUT2D eigenvalue weighted by atomic mass is 10.1. The molecule has 0 amide bonds. The van der Waals surface area contributed by atoms with Crippen LogP contribution in [0.2, 0.25) is 0 Å². The van der Waals surface area contributed by atoms with Crippen molar-refractivity contribution in [1.29, 1.82) is 0 Å². The molecule has 0 saturated carbocycles. The van der Waals surface area contributed by atoms with Gasteiger partial charge in [-0.2, -0.15) is 13.2 Å². The van der Waals surface area contributed by atoms with Gasteiger partial charge < -0.3 is 10.3 Å². The zero-order valence-electron chi connectivity index (χ0n) is 11.8. The molecule has 114 valence electrons. The molecule has 21 heavy (non-hydrogen) atoms. The first-order chi connectivity index (χ1) is 9.91. The monoisotopic (exact) mass is 297 g/mol. The summed E-state index contributed by atoms with van der Waals surface area (Å²) in [5.41, 5.74) is 6.10. The Hall–Kier alpha value is -1.82. The highest BCUT2D eigenvalue weighted by atomic mass is 19.4. The smallest absolute Gasteiger partial charge is 0.333 e. The highest BCUT2D eigenvalue weighted by Gasteiger charge is 2.30. The van der Waals surface area contributed by atoms with Crippen LogP contribution in [0.1, 0.15) is 36.3 Å². The fourth-order valence-electron chi connectivity index (χ4n) is 2.19. The summed E-state index contributed by atoms with van der Waals surface area (Å²) >= 11 is 0. The quantitative estimate of drug-likeness (QED) is 0.917. The number of hydrogen-bond donors (Lipinski definition) is 1. The Morgan fingerprint density at radius 2 is 1.90 bits per heavy atom. The fraction of sp³-hybridized carbons (Fsp3) is 0.400. The van der Waals surface area contributed by atoms with Gasteiger partial charge in [0.15, 0.2) is 0 Å². The summed E-state index contributed by atoms with van der Waals surface area (Å²) < 4.78 is 39.5. The van der Waals surface area contributed by atoms with Gasteiger partial charge in [0, 0.05) is 31.4 Å². The standard InChI is InChI=1S/C15H18F3N3/c1-2-3-14-20-8-9-21(14)10-13(19)11-4-6-12(7-5-11)15(16,17)18/h4-9,13H,2-3,10,19H2,1H3. The van der Waals surface area contributed by atoms with Crippen molar-refractivity contribution < 1.29 is 13.2 Å². The second-order valence-electron chi connectivity index (χ2n) is 4.97. The number of aryl methyl sites for hydroxylation is 1.